The van der Waals surface area contributed by atoms with Gasteiger partial charge in [-0.25, -0.2) is 4.39 Å². The van der Waals surface area contributed by atoms with Crippen molar-refractivity contribution in [2.24, 2.45) is 0 Å². The van der Waals surface area contributed by atoms with Gasteiger partial charge in [-0.2, -0.15) is 0 Å². The molecule has 1 fully saturated rings. The van der Waals surface area contributed by atoms with E-state index in [9.17, 15) is 14.3 Å². The number of carbonyl (C=O) groups is 1. The lowest BCUT2D eigenvalue weighted by Gasteiger charge is -2.18. The standard InChI is InChI=1S/C13H16FNO2S/c1-13(17)6-7-15(9-13)12(16)8-18-11-5-3-2-4-10(11)14/h2-5,17H,6-9H2,1H3. The molecule has 18 heavy (non-hydrogen) atoms. The first-order valence-corrected chi connectivity index (χ1v) is 6.84. The van der Waals surface area contributed by atoms with Gasteiger partial charge in [-0.05, 0) is 25.5 Å². The van der Waals surface area contributed by atoms with E-state index in [1.807, 2.05) is 0 Å². The van der Waals surface area contributed by atoms with Crippen LogP contribution in [0.2, 0.25) is 0 Å². The summed E-state index contributed by atoms with van der Waals surface area (Å²) in [5.74, 6) is -0.151. The van der Waals surface area contributed by atoms with Crippen LogP contribution in [-0.2, 0) is 4.79 Å². The van der Waals surface area contributed by atoms with Crippen molar-refractivity contribution >= 4 is 17.7 Å². The van der Waals surface area contributed by atoms with E-state index < -0.39 is 5.60 Å². The van der Waals surface area contributed by atoms with Gasteiger partial charge in [0.2, 0.25) is 5.91 Å². The fourth-order valence-corrected chi connectivity index (χ4v) is 2.79. The van der Waals surface area contributed by atoms with Gasteiger partial charge in [0, 0.05) is 18.0 Å². The summed E-state index contributed by atoms with van der Waals surface area (Å²) in [5.41, 5.74) is -0.779. The van der Waals surface area contributed by atoms with Gasteiger partial charge in [0.05, 0.1) is 11.4 Å². The Morgan fingerprint density at radius 3 is 2.89 bits per heavy atom. The van der Waals surface area contributed by atoms with Crippen LogP contribution in [0.5, 0.6) is 0 Å². The highest BCUT2D eigenvalue weighted by Gasteiger charge is 2.33. The highest BCUT2D eigenvalue weighted by Crippen LogP contribution is 2.24. The Morgan fingerprint density at radius 2 is 2.28 bits per heavy atom. The molecule has 1 unspecified atom stereocenters. The Morgan fingerprint density at radius 1 is 1.56 bits per heavy atom. The van der Waals surface area contributed by atoms with Gasteiger partial charge in [-0.15, -0.1) is 11.8 Å². The molecule has 5 heteroatoms. The summed E-state index contributed by atoms with van der Waals surface area (Å²) in [7, 11) is 0. The first kappa shape index (κ1) is 13.4. The van der Waals surface area contributed by atoms with E-state index in [1.165, 1.54) is 17.8 Å². The van der Waals surface area contributed by atoms with E-state index in [0.717, 1.165) is 0 Å². The summed E-state index contributed by atoms with van der Waals surface area (Å²) >= 11 is 1.19. The highest BCUT2D eigenvalue weighted by atomic mass is 32.2. The molecule has 0 aromatic heterocycles. The third-order valence-corrected chi connectivity index (χ3v) is 4.03. The normalized spacial score (nSPS) is 23.4. The Hall–Kier alpha value is -1.07. The number of halogens is 1. The van der Waals surface area contributed by atoms with Crippen molar-refractivity contribution in [2.75, 3.05) is 18.8 Å². The number of likely N-dealkylation sites (tertiary alicyclic amines) is 1. The maximum atomic E-state index is 13.4. The molecule has 1 amide bonds. The number of thioether (sulfide) groups is 1. The van der Waals surface area contributed by atoms with Crippen molar-refractivity contribution in [3.8, 4) is 0 Å². The van der Waals surface area contributed by atoms with Gasteiger partial charge >= 0.3 is 0 Å². The van der Waals surface area contributed by atoms with Gasteiger partial charge in [0.25, 0.3) is 0 Å². The summed E-state index contributed by atoms with van der Waals surface area (Å²) in [4.78, 5) is 14.0. The maximum Gasteiger partial charge on any atom is 0.233 e. The molecule has 1 N–H and O–H groups in total. The third kappa shape index (κ3) is 3.23. The molecule has 0 bridgehead atoms. The van der Waals surface area contributed by atoms with Gasteiger partial charge in [-0.3, -0.25) is 4.79 Å². The summed E-state index contributed by atoms with van der Waals surface area (Å²) in [5, 5.41) is 9.78. The Kier molecular flexibility index (Phi) is 3.92. The number of amides is 1. The number of hydrogen-bond donors (Lipinski definition) is 1. The van der Waals surface area contributed by atoms with Crippen LogP contribution in [0.3, 0.4) is 0 Å². The molecule has 1 saturated heterocycles. The van der Waals surface area contributed by atoms with Gasteiger partial charge < -0.3 is 10.0 Å². The van der Waals surface area contributed by atoms with Crippen LogP contribution in [0.4, 0.5) is 4.39 Å². The maximum absolute atomic E-state index is 13.4. The lowest BCUT2D eigenvalue weighted by atomic mass is 10.1. The molecule has 2 rings (SSSR count). The molecule has 0 spiro atoms. The molecular formula is C13H16FNO2S. The van der Waals surface area contributed by atoms with E-state index >= 15 is 0 Å². The van der Waals surface area contributed by atoms with Gasteiger partial charge in [-0.1, -0.05) is 12.1 Å². The number of benzene rings is 1. The fraction of sp³-hybridized carbons (Fsp3) is 0.462. The average Bonchev–Trinajstić information content (AvgIpc) is 2.68. The molecule has 1 aromatic rings. The van der Waals surface area contributed by atoms with Crippen LogP contribution in [0.15, 0.2) is 29.2 Å². The lowest BCUT2D eigenvalue weighted by Crippen LogP contribution is -2.34. The van der Waals surface area contributed by atoms with Crippen LogP contribution in [-0.4, -0.2) is 40.4 Å². The monoisotopic (exact) mass is 269 g/mol. The SMILES string of the molecule is CC1(O)CCN(C(=O)CSc2ccccc2F)C1. The van der Waals surface area contributed by atoms with Crippen molar-refractivity contribution in [3.05, 3.63) is 30.1 Å². The number of nitrogens with zero attached hydrogens (tertiary/aromatic N) is 1. The van der Waals surface area contributed by atoms with E-state index in [2.05, 4.69) is 0 Å². The second kappa shape index (κ2) is 5.28. The van der Waals surface area contributed by atoms with E-state index in [-0.39, 0.29) is 17.5 Å². The number of carbonyl (C=O) groups excluding carboxylic acids is 1. The first-order valence-electron chi connectivity index (χ1n) is 5.85. The molecule has 1 heterocycles. The predicted octanol–water partition coefficient (Wildman–Crippen LogP) is 1.90. The first-order chi connectivity index (χ1) is 8.48. The second-order valence-corrected chi connectivity index (χ2v) is 5.80. The molecule has 0 saturated carbocycles. The van der Waals surface area contributed by atoms with Crippen LogP contribution in [0, 0.1) is 5.82 Å². The smallest absolute Gasteiger partial charge is 0.233 e. The second-order valence-electron chi connectivity index (χ2n) is 4.78. The van der Waals surface area contributed by atoms with E-state index in [4.69, 9.17) is 0 Å². The van der Waals surface area contributed by atoms with Crippen molar-refractivity contribution in [2.45, 2.75) is 23.8 Å². The van der Waals surface area contributed by atoms with E-state index in [0.29, 0.717) is 24.4 Å². The quantitative estimate of drug-likeness (QED) is 0.852. The lowest BCUT2D eigenvalue weighted by molar-refractivity contribution is -0.128. The fourth-order valence-electron chi connectivity index (χ4n) is 1.95. The predicted molar refractivity (Wildman–Crippen MR) is 68.9 cm³/mol. The van der Waals surface area contributed by atoms with Crippen LogP contribution < -0.4 is 0 Å². The van der Waals surface area contributed by atoms with Crippen molar-refractivity contribution in [3.63, 3.8) is 0 Å². The number of rotatable bonds is 3. The zero-order chi connectivity index (χ0) is 13.2. The minimum atomic E-state index is -0.779. The minimum absolute atomic E-state index is 0.0546. The van der Waals surface area contributed by atoms with Crippen molar-refractivity contribution < 1.29 is 14.3 Å². The Bertz CT molecular complexity index is 450. The number of aliphatic hydroxyl groups is 1. The molecule has 0 aliphatic carbocycles. The third-order valence-electron chi connectivity index (χ3n) is 2.99. The van der Waals surface area contributed by atoms with Crippen molar-refractivity contribution in [1.82, 2.24) is 4.90 Å². The zero-order valence-corrected chi connectivity index (χ0v) is 11.0. The molecule has 1 aliphatic rings. The van der Waals surface area contributed by atoms with Crippen LogP contribution in [0.1, 0.15) is 13.3 Å². The molecule has 0 radical (unpaired) electrons. The highest BCUT2D eigenvalue weighted by molar-refractivity contribution is 8.00. The molecule has 1 aliphatic heterocycles. The largest absolute Gasteiger partial charge is 0.388 e. The molecule has 1 aromatic carbocycles. The summed E-state index contributed by atoms with van der Waals surface area (Å²) in [6.45, 7) is 2.66. The molecule has 3 nitrogen and oxygen atoms in total. The van der Waals surface area contributed by atoms with Crippen LogP contribution in [0.25, 0.3) is 0 Å². The van der Waals surface area contributed by atoms with E-state index in [1.54, 1.807) is 30.0 Å². The topological polar surface area (TPSA) is 40.5 Å². The average molecular weight is 269 g/mol. The molecular weight excluding hydrogens is 253 g/mol. The number of hydrogen-bond acceptors (Lipinski definition) is 3. The summed E-state index contributed by atoms with van der Waals surface area (Å²) < 4.78 is 13.4. The zero-order valence-electron chi connectivity index (χ0n) is 10.2. The van der Waals surface area contributed by atoms with Gasteiger partial charge in [0.15, 0.2) is 0 Å². The van der Waals surface area contributed by atoms with Crippen molar-refractivity contribution in [1.29, 1.82) is 0 Å². The number of β-amino-alcohol motifs (C(OH)–C–C–N with tert-alkyl or cyclic N) is 1. The Balaban J connectivity index is 1.88. The molecule has 1 atom stereocenters. The molecule has 98 valence electrons. The van der Waals surface area contributed by atoms with Crippen LogP contribution >= 0.6 is 11.8 Å². The Labute approximate surface area is 110 Å². The summed E-state index contributed by atoms with van der Waals surface area (Å²) in [6, 6.07) is 6.41. The minimum Gasteiger partial charge on any atom is -0.388 e. The van der Waals surface area contributed by atoms with Gasteiger partial charge in [0.1, 0.15) is 5.82 Å². The summed E-state index contributed by atoms with van der Waals surface area (Å²) in [6.07, 6.45) is 0.600.